The Morgan fingerprint density at radius 3 is 2.50 bits per heavy atom. The number of aromatic nitrogens is 2. The lowest BCUT2D eigenvalue weighted by Crippen LogP contribution is -2.05. The number of aryl methyl sites for hydroxylation is 1. The lowest BCUT2D eigenvalue weighted by Gasteiger charge is -2.08. The SMILES string of the molecule is C/C=C(/C(/C=C(\C)CCCCCC)=NC)c1n[nH]c(C)c1C(C)=O. The van der Waals surface area contributed by atoms with Gasteiger partial charge in [0.1, 0.15) is 5.69 Å². The normalized spacial score (nSPS) is 13.5. The van der Waals surface area contributed by atoms with E-state index in [1.807, 2.05) is 19.9 Å². The average Bonchev–Trinajstić information content (AvgIpc) is 2.93. The molecule has 0 saturated carbocycles. The van der Waals surface area contributed by atoms with Gasteiger partial charge in [0.05, 0.1) is 11.3 Å². The molecule has 0 fully saturated rings. The zero-order valence-electron chi connectivity index (χ0n) is 16.0. The van der Waals surface area contributed by atoms with Gasteiger partial charge in [-0.2, -0.15) is 5.10 Å². The molecular weight excluding hydrogens is 298 g/mol. The van der Waals surface area contributed by atoms with Crippen LogP contribution in [-0.2, 0) is 0 Å². The van der Waals surface area contributed by atoms with Gasteiger partial charge < -0.3 is 0 Å². The molecule has 1 aromatic heterocycles. The molecule has 1 aromatic rings. The quantitative estimate of drug-likeness (QED) is 0.379. The molecule has 0 spiro atoms. The maximum Gasteiger partial charge on any atom is 0.163 e. The van der Waals surface area contributed by atoms with Gasteiger partial charge in [0, 0.05) is 18.3 Å². The van der Waals surface area contributed by atoms with Gasteiger partial charge in [-0.15, -0.1) is 0 Å². The molecule has 4 heteroatoms. The summed E-state index contributed by atoms with van der Waals surface area (Å²) in [7, 11) is 1.78. The molecule has 0 aliphatic heterocycles. The summed E-state index contributed by atoms with van der Waals surface area (Å²) in [5.41, 5.74) is 5.23. The lowest BCUT2D eigenvalue weighted by atomic mass is 9.97. The fourth-order valence-corrected chi connectivity index (χ4v) is 2.86. The Morgan fingerprint density at radius 1 is 1.25 bits per heavy atom. The number of aliphatic imine (C=N–C) groups is 1. The number of carbonyl (C=O) groups is 1. The number of aromatic amines is 1. The molecule has 0 bridgehead atoms. The van der Waals surface area contributed by atoms with Crippen LogP contribution in [0.1, 0.15) is 81.5 Å². The minimum Gasteiger partial charge on any atom is -0.294 e. The fraction of sp³-hybridized carbons (Fsp3) is 0.550. The monoisotopic (exact) mass is 329 g/mol. The summed E-state index contributed by atoms with van der Waals surface area (Å²) in [4.78, 5) is 16.4. The molecule has 132 valence electrons. The van der Waals surface area contributed by atoms with Crippen molar-refractivity contribution in [1.29, 1.82) is 0 Å². The summed E-state index contributed by atoms with van der Waals surface area (Å²) in [6, 6.07) is 0. The van der Waals surface area contributed by atoms with E-state index in [2.05, 4.69) is 35.1 Å². The third kappa shape index (κ3) is 5.29. The Hall–Kier alpha value is -1.97. The molecule has 4 nitrogen and oxygen atoms in total. The van der Waals surface area contributed by atoms with E-state index in [1.165, 1.54) is 31.3 Å². The molecule has 0 unspecified atom stereocenters. The van der Waals surface area contributed by atoms with Crippen LogP contribution in [0.2, 0.25) is 0 Å². The van der Waals surface area contributed by atoms with Gasteiger partial charge >= 0.3 is 0 Å². The van der Waals surface area contributed by atoms with Crippen LogP contribution < -0.4 is 0 Å². The second-order valence-electron chi connectivity index (χ2n) is 6.24. The van der Waals surface area contributed by atoms with Crippen molar-refractivity contribution in [2.24, 2.45) is 4.99 Å². The van der Waals surface area contributed by atoms with Crippen LogP contribution in [0.4, 0.5) is 0 Å². The number of nitrogens with one attached hydrogen (secondary N) is 1. The highest BCUT2D eigenvalue weighted by atomic mass is 16.1. The number of unbranched alkanes of at least 4 members (excludes halogenated alkanes) is 3. The molecule has 0 aliphatic carbocycles. The second kappa shape index (κ2) is 10.0. The number of hydrogen-bond donors (Lipinski definition) is 1. The van der Waals surface area contributed by atoms with Crippen molar-refractivity contribution in [3.05, 3.63) is 34.7 Å². The first kappa shape index (κ1) is 20.1. The van der Waals surface area contributed by atoms with Crippen LogP contribution in [-0.4, -0.2) is 28.7 Å². The van der Waals surface area contributed by atoms with E-state index in [1.54, 1.807) is 14.0 Å². The maximum atomic E-state index is 12.0. The van der Waals surface area contributed by atoms with Crippen LogP contribution in [0.5, 0.6) is 0 Å². The predicted molar refractivity (Wildman–Crippen MR) is 103 cm³/mol. The van der Waals surface area contributed by atoms with Crippen molar-refractivity contribution in [2.45, 2.75) is 66.7 Å². The molecule has 1 N–H and O–H groups in total. The number of allylic oxidation sites excluding steroid dienone is 4. The highest BCUT2D eigenvalue weighted by Gasteiger charge is 2.19. The first-order valence-corrected chi connectivity index (χ1v) is 8.83. The predicted octanol–water partition coefficient (Wildman–Crippen LogP) is 5.31. The van der Waals surface area contributed by atoms with Gasteiger partial charge in [0.15, 0.2) is 5.78 Å². The third-order valence-electron chi connectivity index (χ3n) is 4.17. The topological polar surface area (TPSA) is 58.1 Å². The maximum absolute atomic E-state index is 12.0. The summed E-state index contributed by atoms with van der Waals surface area (Å²) in [5.74, 6) is 0.0197. The first-order valence-electron chi connectivity index (χ1n) is 8.83. The molecular formula is C20H31N3O. The number of Topliss-reactive ketones (excluding diaryl/α,β-unsaturated/α-hetero) is 1. The summed E-state index contributed by atoms with van der Waals surface area (Å²) in [6.45, 7) is 9.77. The number of rotatable bonds is 9. The molecule has 1 rings (SSSR count). The van der Waals surface area contributed by atoms with E-state index in [0.29, 0.717) is 11.3 Å². The Bertz CT molecular complexity index is 648. The number of ketones is 1. The molecule has 0 amide bonds. The van der Waals surface area contributed by atoms with Gasteiger partial charge in [-0.25, -0.2) is 0 Å². The van der Waals surface area contributed by atoms with Crippen LogP contribution >= 0.6 is 0 Å². The van der Waals surface area contributed by atoms with Crippen molar-refractivity contribution in [1.82, 2.24) is 10.2 Å². The van der Waals surface area contributed by atoms with Gasteiger partial charge in [-0.05, 0) is 46.6 Å². The van der Waals surface area contributed by atoms with Gasteiger partial charge in [-0.1, -0.05) is 37.8 Å². The van der Waals surface area contributed by atoms with Crippen LogP contribution in [0.3, 0.4) is 0 Å². The highest BCUT2D eigenvalue weighted by Crippen LogP contribution is 2.23. The molecule has 0 aromatic carbocycles. The molecule has 0 atom stereocenters. The highest BCUT2D eigenvalue weighted by molar-refractivity contribution is 6.30. The van der Waals surface area contributed by atoms with Crippen molar-refractivity contribution >= 4 is 17.1 Å². The Balaban J connectivity index is 3.04. The smallest absolute Gasteiger partial charge is 0.163 e. The van der Waals surface area contributed by atoms with Crippen molar-refractivity contribution in [3.8, 4) is 0 Å². The largest absolute Gasteiger partial charge is 0.294 e. The molecule has 0 radical (unpaired) electrons. The average molecular weight is 329 g/mol. The summed E-state index contributed by atoms with van der Waals surface area (Å²) < 4.78 is 0. The zero-order chi connectivity index (χ0) is 18.1. The van der Waals surface area contributed by atoms with Crippen molar-refractivity contribution in [3.63, 3.8) is 0 Å². The van der Waals surface area contributed by atoms with Gasteiger partial charge in [0.25, 0.3) is 0 Å². The number of hydrogen-bond acceptors (Lipinski definition) is 3. The molecule has 24 heavy (non-hydrogen) atoms. The fourth-order valence-electron chi connectivity index (χ4n) is 2.86. The van der Waals surface area contributed by atoms with E-state index >= 15 is 0 Å². The van der Waals surface area contributed by atoms with Crippen LogP contribution in [0, 0.1) is 6.92 Å². The first-order chi connectivity index (χ1) is 11.5. The van der Waals surface area contributed by atoms with Crippen LogP contribution in [0.15, 0.2) is 22.7 Å². The van der Waals surface area contributed by atoms with E-state index in [4.69, 9.17) is 0 Å². The number of H-pyrrole nitrogens is 1. The van der Waals surface area contributed by atoms with Crippen molar-refractivity contribution in [2.75, 3.05) is 7.05 Å². The Morgan fingerprint density at radius 2 is 1.96 bits per heavy atom. The molecule has 1 heterocycles. The standard InChI is InChI=1S/C20H31N3O/c1-7-9-10-11-12-14(3)13-18(21-6)17(8-2)20-19(16(5)24)15(4)22-23-20/h8,13H,7,9-12H2,1-6H3,(H,22,23)/b14-13+,17-8-,21-18?. The van der Waals surface area contributed by atoms with E-state index in [9.17, 15) is 4.79 Å². The Kier molecular flexibility index (Phi) is 8.37. The minimum absolute atomic E-state index is 0.0197. The second-order valence-corrected chi connectivity index (χ2v) is 6.24. The van der Waals surface area contributed by atoms with E-state index in [-0.39, 0.29) is 5.78 Å². The van der Waals surface area contributed by atoms with E-state index < -0.39 is 0 Å². The van der Waals surface area contributed by atoms with Crippen LogP contribution in [0.25, 0.3) is 5.57 Å². The van der Waals surface area contributed by atoms with Gasteiger partial charge in [0.2, 0.25) is 0 Å². The van der Waals surface area contributed by atoms with E-state index in [0.717, 1.165) is 23.4 Å². The molecule has 0 saturated heterocycles. The lowest BCUT2D eigenvalue weighted by molar-refractivity contribution is 0.101. The molecule has 0 aliphatic rings. The Labute approximate surface area is 146 Å². The summed E-state index contributed by atoms with van der Waals surface area (Å²) in [6.07, 6.45) is 10.2. The van der Waals surface area contributed by atoms with Gasteiger partial charge in [-0.3, -0.25) is 14.9 Å². The zero-order valence-corrected chi connectivity index (χ0v) is 16.0. The summed E-state index contributed by atoms with van der Waals surface area (Å²) in [5, 5.41) is 7.27. The number of carbonyl (C=O) groups excluding carboxylic acids is 1. The summed E-state index contributed by atoms with van der Waals surface area (Å²) >= 11 is 0. The van der Waals surface area contributed by atoms with Crippen molar-refractivity contribution < 1.29 is 4.79 Å². The number of nitrogens with zero attached hydrogens (tertiary/aromatic N) is 2. The third-order valence-corrected chi connectivity index (χ3v) is 4.17. The minimum atomic E-state index is 0.0197.